The van der Waals surface area contributed by atoms with Crippen molar-refractivity contribution in [3.05, 3.63) is 76.2 Å². The monoisotopic (exact) mass is 317 g/mol. The molecule has 2 aromatic carbocycles. The van der Waals surface area contributed by atoms with Crippen LogP contribution in [-0.2, 0) is 5.60 Å². The first-order valence-corrected chi connectivity index (χ1v) is 8.19. The molecule has 1 unspecified atom stereocenters. The van der Waals surface area contributed by atoms with E-state index in [0.29, 0.717) is 11.3 Å². The van der Waals surface area contributed by atoms with Crippen molar-refractivity contribution >= 4 is 5.69 Å². The summed E-state index contributed by atoms with van der Waals surface area (Å²) in [6.45, 7) is 0. The van der Waals surface area contributed by atoms with Gasteiger partial charge >= 0.3 is 0 Å². The van der Waals surface area contributed by atoms with E-state index in [4.69, 9.17) is 5.53 Å². The zero-order valence-corrected chi connectivity index (χ0v) is 13.4. The molecule has 1 saturated carbocycles. The van der Waals surface area contributed by atoms with E-state index in [2.05, 4.69) is 21.9 Å². The summed E-state index contributed by atoms with van der Waals surface area (Å²) in [7, 11) is 0. The number of aliphatic hydroxyl groups is 1. The second kappa shape index (κ2) is 7.23. The summed E-state index contributed by atoms with van der Waals surface area (Å²) < 4.78 is 0. The van der Waals surface area contributed by atoms with E-state index < -0.39 is 5.60 Å². The summed E-state index contributed by atoms with van der Waals surface area (Å²) in [5.74, 6) is 6.23. The molecule has 0 aliphatic heterocycles. The molecule has 0 heterocycles. The Bertz CT molecular complexity index is 810. The summed E-state index contributed by atoms with van der Waals surface area (Å²) in [5.41, 5.74) is 9.41. The van der Waals surface area contributed by atoms with Crippen LogP contribution in [0.15, 0.2) is 59.7 Å². The SMILES string of the molecule is [N-]=[N+]=Nc1ccccc1C(O)(C#Cc1ccccc1)C1CCCC1. The molecule has 2 aromatic rings. The third kappa shape index (κ3) is 3.28. The van der Waals surface area contributed by atoms with Gasteiger partial charge in [0.15, 0.2) is 5.60 Å². The van der Waals surface area contributed by atoms with Crippen molar-refractivity contribution in [3.63, 3.8) is 0 Å². The van der Waals surface area contributed by atoms with E-state index in [0.717, 1.165) is 31.2 Å². The molecule has 1 N–H and O–H groups in total. The van der Waals surface area contributed by atoms with Crippen LogP contribution in [0.5, 0.6) is 0 Å². The van der Waals surface area contributed by atoms with Gasteiger partial charge in [-0.1, -0.05) is 72.3 Å². The van der Waals surface area contributed by atoms with Crippen LogP contribution in [0.25, 0.3) is 10.4 Å². The van der Waals surface area contributed by atoms with Crippen molar-refractivity contribution in [1.29, 1.82) is 0 Å². The molecule has 24 heavy (non-hydrogen) atoms. The van der Waals surface area contributed by atoms with Crippen LogP contribution < -0.4 is 0 Å². The lowest BCUT2D eigenvalue weighted by atomic mass is 9.79. The van der Waals surface area contributed by atoms with Gasteiger partial charge in [-0.2, -0.15) is 0 Å². The zero-order valence-electron chi connectivity index (χ0n) is 13.4. The number of azide groups is 1. The van der Waals surface area contributed by atoms with Gasteiger partial charge in [0.2, 0.25) is 0 Å². The van der Waals surface area contributed by atoms with Crippen molar-refractivity contribution < 1.29 is 5.11 Å². The lowest BCUT2D eigenvalue weighted by molar-refractivity contribution is 0.0374. The summed E-state index contributed by atoms with van der Waals surface area (Å²) in [6, 6.07) is 16.8. The molecule has 1 aliphatic rings. The first kappa shape index (κ1) is 16.1. The lowest BCUT2D eigenvalue weighted by Crippen LogP contribution is -2.32. The summed E-state index contributed by atoms with van der Waals surface area (Å²) in [6.07, 6.45) is 4.02. The van der Waals surface area contributed by atoms with Crippen LogP contribution in [0.4, 0.5) is 5.69 Å². The third-order valence-corrected chi connectivity index (χ3v) is 4.58. The maximum absolute atomic E-state index is 11.5. The van der Waals surface area contributed by atoms with Crippen molar-refractivity contribution in [2.24, 2.45) is 11.0 Å². The number of hydrogen-bond acceptors (Lipinski definition) is 2. The van der Waals surface area contributed by atoms with Gasteiger partial charge in [0.05, 0.1) is 0 Å². The molecule has 0 spiro atoms. The lowest BCUT2D eigenvalue weighted by Gasteiger charge is -2.30. The molecule has 1 fully saturated rings. The zero-order chi connectivity index (χ0) is 16.8. The van der Waals surface area contributed by atoms with Crippen LogP contribution >= 0.6 is 0 Å². The average Bonchev–Trinajstić information content (AvgIpc) is 3.17. The molecule has 120 valence electrons. The highest BCUT2D eigenvalue weighted by Gasteiger charge is 2.39. The van der Waals surface area contributed by atoms with Gasteiger partial charge in [-0.05, 0) is 30.5 Å². The minimum atomic E-state index is -1.31. The number of hydrogen-bond donors (Lipinski definition) is 1. The smallest absolute Gasteiger partial charge is 0.154 e. The normalized spacial score (nSPS) is 16.5. The topological polar surface area (TPSA) is 69.0 Å². The fraction of sp³-hybridized carbons (Fsp3) is 0.300. The van der Waals surface area contributed by atoms with E-state index in [9.17, 15) is 5.11 Å². The summed E-state index contributed by atoms with van der Waals surface area (Å²) in [5, 5.41) is 15.2. The molecular formula is C20H19N3O. The molecule has 1 atom stereocenters. The standard InChI is InChI=1S/C20H19N3O/c21-23-22-19-13-7-6-12-18(19)20(24,17-10-4-5-11-17)15-14-16-8-2-1-3-9-16/h1-3,6-9,12-13,17,24H,4-5,10-11H2. The molecular weight excluding hydrogens is 298 g/mol. The summed E-state index contributed by atoms with van der Waals surface area (Å²) >= 11 is 0. The van der Waals surface area contributed by atoms with Gasteiger partial charge in [-0.25, -0.2) is 0 Å². The Morgan fingerprint density at radius 2 is 1.71 bits per heavy atom. The van der Waals surface area contributed by atoms with Gasteiger partial charge in [0, 0.05) is 27.6 Å². The molecule has 0 aromatic heterocycles. The van der Waals surface area contributed by atoms with Gasteiger partial charge in [-0.15, -0.1) is 0 Å². The van der Waals surface area contributed by atoms with Crippen molar-refractivity contribution in [2.75, 3.05) is 0 Å². The predicted octanol–water partition coefficient (Wildman–Crippen LogP) is 5.06. The molecule has 4 heteroatoms. The van der Waals surface area contributed by atoms with E-state index in [1.54, 1.807) is 12.1 Å². The first-order valence-electron chi connectivity index (χ1n) is 8.19. The Labute approximate surface area is 141 Å². The van der Waals surface area contributed by atoms with E-state index in [1.165, 1.54) is 0 Å². The quantitative estimate of drug-likeness (QED) is 0.365. The third-order valence-electron chi connectivity index (χ3n) is 4.58. The molecule has 0 radical (unpaired) electrons. The molecule has 4 nitrogen and oxygen atoms in total. The van der Waals surface area contributed by atoms with Crippen LogP contribution in [-0.4, -0.2) is 5.11 Å². The summed E-state index contributed by atoms with van der Waals surface area (Å²) in [4.78, 5) is 2.89. The number of benzene rings is 2. The Hall–Kier alpha value is -2.73. The van der Waals surface area contributed by atoms with Crippen molar-refractivity contribution in [1.82, 2.24) is 0 Å². The van der Waals surface area contributed by atoms with Crippen LogP contribution in [0.1, 0.15) is 36.8 Å². The van der Waals surface area contributed by atoms with E-state index in [1.807, 2.05) is 42.5 Å². The Kier molecular flexibility index (Phi) is 4.86. The molecule has 0 amide bonds. The Morgan fingerprint density at radius 3 is 2.42 bits per heavy atom. The maximum atomic E-state index is 11.5. The number of rotatable bonds is 3. The van der Waals surface area contributed by atoms with E-state index in [-0.39, 0.29) is 5.92 Å². The van der Waals surface area contributed by atoms with Crippen molar-refractivity contribution in [2.45, 2.75) is 31.3 Å². The molecule has 1 aliphatic carbocycles. The second-order valence-corrected chi connectivity index (χ2v) is 6.07. The van der Waals surface area contributed by atoms with Gasteiger partial charge in [-0.3, -0.25) is 0 Å². The van der Waals surface area contributed by atoms with Crippen LogP contribution in [0, 0.1) is 17.8 Å². The highest BCUT2D eigenvalue weighted by atomic mass is 16.3. The molecule has 0 saturated heterocycles. The average molecular weight is 317 g/mol. The molecule has 3 rings (SSSR count). The van der Waals surface area contributed by atoms with E-state index >= 15 is 0 Å². The minimum absolute atomic E-state index is 0.0451. The Balaban J connectivity index is 2.10. The fourth-order valence-electron chi connectivity index (χ4n) is 3.35. The largest absolute Gasteiger partial charge is 0.373 e. The Morgan fingerprint density at radius 1 is 1.04 bits per heavy atom. The van der Waals surface area contributed by atoms with Crippen LogP contribution in [0.3, 0.4) is 0 Å². The second-order valence-electron chi connectivity index (χ2n) is 6.07. The highest BCUT2D eigenvalue weighted by molar-refractivity contribution is 5.53. The van der Waals surface area contributed by atoms with Gasteiger partial charge in [0.1, 0.15) is 0 Å². The maximum Gasteiger partial charge on any atom is 0.154 e. The fourth-order valence-corrected chi connectivity index (χ4v) is 3.35. The minimum Gasteiger partial charge on any atom is -0.373 e. The predicted molar refractivity (Wildman–Crippen MR) is 94.4 cm³/mol. The highest BCUT2D eigenvalue weighted by Crippen LogP contribution is 2.43. The van der Waals surface area contributed by atoms with Gasteiger partial charge < -0.3 is 5.11 Å². The van der Waals surface area contributed by atoms with Crippen molar-refractivity contribution in [3.8, 4) is 11.8 Å². The van der Waals surface area contributed by atoms with Gasteiger partial charge in [0.25, 0.3) is 0 Å². The van der Waals surface area contributed by atoms with Crippen LogP contribution in [0.2, 0.25) is 0 Å². The first-order chi connectivity index (χ1) is 11.7. The number of nitrogens with zero attached hydrogens (tertiary/aromatic N) is 3. The molecule has 0 bridgehead atoms.